The van der Waals surface area contributed by atoms with Gasteiger partial charge in [-0.3, -0.25) is 4.79 Å². The molecule has 0 spiro atoms. The minimum absolute atomic E-state index is 0.108. The zero-order valence-corrected chi connectivity index (χ0v) is 18.6. The van der Waals surface area contributed by atoms with E-state index in [1.807, 2.05) is 38.1 Å². The third kappa shape index (κ3) is 5.72. The Morgan fingerprint density at radius 1 is 1.13 bits per heavy atom. The molecule has 31 heavy (non-hydrogen) atoms. The van der Waals surface area contributed by atoms with E-state index < -0.39 is 11.7 Å². The SMILES string of the molecule is CC[C@H](C)N(CCc1nc(-c2ccc(Br)cc2)no1)C(=O)c1ccc(C(F)(F)F)cc1. The molecule has 3 aromatic rings. The molecule has 0 fully saturated rings. The minimum Gasteiger partial charge on any atom is -0.339 e. The van der Waals surface area contributed by atoms with Crippen LogP contribution >= 0.6 is 15.9 Å². The number of halogens is 4. The summed E-state index contributed by atoms with van der Waals surface area (Å²) in [7, 11) is 0. The number of benzene rings is 2. The zero-order chi connectivity index (χ0) is 22.6. The molecule has 0 bridgehead atoms. The second kappa shape index (κ2) is 9.64. The Bertz CT molecular complexity index is 1020. The largest absolute Gasteiger partial charge is 0.416 e. The first-order valence-electron chi connectivity index (χ1n) is 9.75. The number of alkyl halides is 3. The molecular formula is C22H21BrF3N3O2. The molecule has 0 unspecified atom stereocenters. The Balaban J connectivity index is 1.72. The summed E-state index contributed by atoms with van der Waals surface area (Å²) >= 11 is 3.37. The number of aromatic nitrogens is 2. The molecule has 0 radical (unpaired) electrons. The maximum absolute atomic E-state index is 13.0. The van der Waals surface area contributed by atoms with Gasteiger partial charge in [0.2, 0.25) is 11.7 Å². The third-order valence-electron chi connectivity index (χ3n) is 4.98. The fourth-order valence-electron chi connectivity index (χ4n) is 3.00. The molecular weight excluding hydrogens is 475 g/mol. The highest BCUT2D eigenvalue weighted by molar-refractivity contribution is 9.10. The molecule has 0 aliphatic rings. The summed E-state index contributed by atoms with van der Waals surface area (Å²) in [5.41, 5.74) is 0.220. The van der Waals surface area contributed by atoms with Crippen LogP contribution in [0.15, 0.2) is 57.5 Å². The van der Waals surface area contributed by atoms with Crippen LogP contribution in [0.5, 0.6) is 0 Å². The Morgan fingerprint density at radius 2 is 1.77 bits per heavy atom. The van der Waals surface area contributed by atoms with Crippen LogP contribution in [-0.4, -0.2) is 33.5 Å². The highest BCUT2D eigenvalue weighted by atomic mass is 79.9. The topological polar surface area (TPSA) is 59.2 Å². The van der Waals surface area contributed by atoms with Gasteiger partial charge >= 0.3 is 6.18 Å². The normalized spacial score (nSPS) is 12.6. The van der Waals surface area contributed by atoms with Crippen LogP contribution in [-0.2, 0) is 12.6 Å². The van der Waals surface area contributed by atoms with Crippen molar-refractivity contribution in [3.05, 3.63) is 70.0 Å². The van der Waals surface area contributed by atoms with Crippen LogP contribution in [0.4, 0.5) is 13.2 Å². The lowest BCUT2D eigenvalue weighted by molar-refractivity contribution is -0.137. The molecule has 3 rings (SSSR count). The van der Waals surface area contributed by atoms with Gasteiger partial charge in [0.05, 0.1) is 5.56 Å². The molecule has 0 aliphatic carbocycles. The highest BCUT2D eigenvalue weighted by Crippen LogP contribution is 2.29. The summed E-state index contributed by atoms with van der Waals surface area (Å²) in [6.07, 6.45) is -3.41. The quantitative estimate of drug-likeness (QED) is 0.403. The number of rotatable bonds is 7. The van der Waals surface area contributed by atoms with Crippen LogP contribution in [0, 0.1) is 0 Å². The number of amides is 1. The molecule has 0 saturated heterocycles. The van der Waals surface area contributed by atoms with Crippen molar-refractivity contribution < 1.29 is 22.5 Å². The van der Waals surface area contributed by atoms with Crippen molar-refractivity contribution in [2.24, 2.45) is 0 Å². The molecule has 1 aromatic heterocycles. The lowest BCUT2D eigenvalue weighted by atomic mass is 10.1. The summed E-state index contributed by atoms with van der Waals surface area (Å²) in [6, 6.07) is 11.6. The van der Waals surface area contributed by atoms with Crippen LogP contribution < -0.4 is 0 Å². The number of hydrogen-bond acceptors (Lipinski definition) is 4. The summed E-state index contributed by atoms with van der Waals surface area (Å²) in [6.45, 7) is 4.13. The highest BCUT2D eigenvalue weighted by Gasteiger charge is 2.30. The standard InChI is InChI=1S/C22H21BrF3N3O2/c1-3-14(2)29(21(30)16-4-8-17(9-5-16)22(24,25)26)13-12-19-27-20(28-31-19)15-6-10-18(23)11-7-15/h4-11,14H,3,12-13H2,1-2H3/t14-/m0/s1. The summed E-state index contributed by atoms with van der Waals surface area (Å²) in [4.78, 5) is 19.0. The molecule has 2 aromatic carbocycles. The van der Waals surface area contributed by atoms with Crippen LogP contribution in [0.3, 0.4) is 0 Å². The first-order valence-corrected chi connectivity index (χ1v) is 10.5. The van der Waals surface area contributed by atoms with Crippen molar-refractivity contribution in [1.82, 2.24) is 15.0 Å². The molecule has 164 valence electrons. The Labute approximate surface area is 186 Å². The average molecular weight is 496 g/mol. The van der Waals surface area contributed by atoms with E-state index in [0.29, 0.717) is 31.1 Å². The van der Waals surface area contributed by atoms with Crippen molar-refractivity contribution in [2.75, 3.05) is 6.54 Å². The molecule has 1 amide bonds. The van der Waals surface area contributed by atoms with Gasteiger partial charge in [-0.2, -0.15) is 18.2 Å². The molecule has 1 heterocycles. The molecule has 1 atom stereocenters. The second-order valence-corrected chi connectivity index (χ2v) is 8.02. The predicted molar refractivity (Wildman–Crippen MR) is 113 cm³/mol. The fraction of sp³-hybridized carbons (Fsp3) is 0.318. The lowest BCUT2D eigenvalue weighted by Crippen LogP contribution is -2.39. The molecule has 9 heteroatoms. The van der Waals surface area contributed by atoms with E-state index in [4.69, 9.17) is 4.52 Å². The predicted octanol–water partition coefficient (Wildman–Crippen LogP) is 6.00. The van der Waals surface area contributed by atoms with Crippen molar-refractivity contribution in [3.63, 3.8) is 0 Å². The number of carbonyl (C=O) groups is 1. The monoisotopic (exact) mass is 495 g/mol. The van der Waals surface area contributed by atoms with Crippen LogP contribution in [0.1, 0.15) is 42.1 Å². The van der Waals surface area contributed by atoms with E-state index in [1.165, 1.54) is 12.1 Å². The molecule has 5 nitrogen and oxygen atoms in total. The lowest BCUT2D eigenvalue weighted by Gasteiger charge is -2.28. The van der Waals surface area contributed by atoms with E-state index in [2.05, 4.69) is 26.1 Å². The molecule has 0 saturated carbocycles. The summed E-state index contributed by atoms with van der Waals surface area (Å²) in [5.74, 6) is 0.494. The Hall–Kier alpha value is -2.68. The van der Waals surface area contributed by atoms with Gasteiger partial charge in [0, 0.05) is 34.6 Å². The van der Waals surface area contributed by atoms with Gasteiger partial charge < -0.3 is 9.42 Å². The van der Waals surface area contributed by atoms with Gasteiger partial charge in [0.15, 0.2) is 0 Å². The van der Waals surface area contributed by atoms with E-state index in [1.54, 1.807) is 4.90 Å². The Morgan fingerprint density at radius 3 is 2.35 bits per heavy atom. The molecule has 0 aliphatic heterocycles. The maximum atomic E-state index is 13.0. The number of hydrogen-bond donors (Lipinski definition) is 0. The summed E-state index contributed by atoms with van der Waals surface area (Å²) in [5, 5.41) is 3.98. The van der Waals surface area contributed by atoms with Gasteiger partial charge in [0.25, 0.3) is 5.91 Å². The van der Waals surface area contributed by atoms with Gasteiger partial charge in [-0.05, 0) is 61.9 Å². The average Bonchev–Trinajstić information content (AvgIpc) is 3.22. The van der Waals surface area contributed by atoms with Crippen molar-refractivity contribution >= 4 is 21.8 Å². The smallest absolute Gasteiger partial charge is 0.339 e. The summed E-state index contributed by atoms with van der Waals surface area (Å²) < 4.78 is 44.6. The Kier molecular flexibility index (Phi) is 7.15. The van der Waals surface area contributed by atoms with E-state index in [9.17, 15) is 18.0 Å². The first-order chi connectivity index (χ1) is 14.7. The first kappa shape index (κ1) is 23.0. The van der Waals surface area contributed by atoms with Gasteiger partial charge in [-0.25, -0.2) is 0 Å². The second-order valence-electron chi connectivity index (χ2n) is 7.10. The third-order valence-corrected chi connectivity index (χ3v) is 5.51. The maximum Gasteiger partial charge on any atom is 0.416 e. The minimum atomic E-state index is -4.44. The van der Waals surface area contributed by atoms with Crippen molar-refractivity contribution in [3.8, 4) is 11.4 Å². The van der Waals surface area contributed by atoms with Gasteiger partial charge in [0.1, 0.15) is 0 Å². The van der Waals surface area contributed by atoms with Gasteiger partial charge in [-0.1, -0.05) is 28.0 Å². The van der Waals surface area contributed by atoms with E-state index in [-0.39, 0.29) is 17.5 Å². The number of nitrogens with zero attached hydrogens (tertiary/aromatic N) is 3. The fourth-order valence-corrected chi connectivity index (χ4v) is 3.26. The van der Waals surface area contributed by atoms with Crippen LogP contribution in [0.2, 0.25) is 0 Å². The van der Waals surface area contributed by atoms with E-state index >= 15 is 0 Å². The van der Waals surface area contributed by atoms with Crippen LogP contribution in [0.25, 0.3) is 11.4 Å². The molecule has 0 N–H and O–H groups in total. The van der Waals surface area contributed by atoms with Gasteiger partial charge in [-0.15, -0.1) is 0 Å². The van der Waals surface area contributed by atoms with Crippen molar-refractivity contribution in [1.29, 1.82) is 0 Å². The zero-order valence-electron chi connectivity index (χ0n) is 17.0. The van der Waals surface area contributed by atoms with Crippen molar-refractivity contribution in [2.45, 2.75) is 38.9 Å². The number of carbonyl (C=O) groups excluding carboxylic acids is 1. The van der Waals surface area contributed by atoms with E-state index in [0.717, 1.165) is 22.2 Å².